The molecule has 0 bridgehead atoms. The standard InChI is InChI=1S/C14H14N4O3/c1-8-12(14(20)21)16-17-18(8)11-7-6-9-4-2-3-5-10(9)15-13(11)19/h2-5,11H,6-7H2,1H3,(H,15,19)(H,20,21). The van der Waals surface area contributed by atoms with E-state index in [-0.39, 0.29) is 11.6 Å². The molecule has 2 aromatic rings. The summed E-state index contributed by atoms with van der Waals surface area (Å²) in [5.41, 5.74) is 2.11. The third-order valence-electron chi connectivity index (χ3n) is 3.69. The highest BCUT2D eigenvalue weighted by Gasteiger charge is 2.29. The summed E-state index contributed by atoms with van der Waals surface area (Å²) in [6.07, 6.45) is 1.26. The molecule has 0 fully saturated rings. The largest absolute Gasteiger partial charge is 0.476 e. The Morgan fingerprint density at radius 3 is 2.90 bits per heavy atom. The van der Waals surface area contributed by atoms with Crippen LogP contribution in [0.1, 0.15) is 34.2 Å². The number of carboxylic acid groups (broad SMARTS) is 1. The van der Waals surface area contributed by atoms with Crippen molar-refractivity contribution in [1.29, 1.82) is 0 Å². The smallest absolute Gasteiger partial charge is 0.358 e. The van der Waals surface area contributed by atoms with Gasteiger partial charge in [-0.15, -0.1) is 5.10 Å². The van der Waals surface area contributed by atoms with Crippen molar-refractivity contribution >= 4 is 17.6 Å². The highest BCUT2D eigenvalue weighted by Crippen LogP contribution is 2.27. The molecular formula is C14H14N4O3. The van der Waals surface area contributed by atoms with Crippen molar-refractivity contribution < 1.29 is 14.7 Å². The molecule has 1 aromatic heterocycles. The van der Waals surface area contributed by atoms with Crippen molar-refractivity contribution in [3.63, 3.8) is 0 Å². The summed E-state index contributed by atoms with van der Waals surface area (Å²) >= 11 is 0. The number of benzene rings is 1. The summed E-state index contributed by atoms with van der Waals surface area (Å²) in [6, 6.07) is 7.05. The van der Waals surface area contributed by atoms with Crippen LogP contribution in [0.5, 0.6) is 0 Å². The van der Waals surface area contributed by atoms with Gasteiger partial charge in [0.05, 0.1) is 5.69 Å². The maximum absolute atomic E-state index is 12.4. The predicted molar refractivity (Wildman–Crippen MR) is 74.1 cm³/mol. The number of carbonyl (C=O) groups is 2. The van der Waals surface area contributed by atoms with Crippen LogP contribution in [0, 0.1) is 6.92 Å². The Bertz CT molecular complexity index is 723. The van der Waals surface area contributed by atoms with Gasteiger partial charge in [0, 0.05) is 5.69 Å². The second kappa shape index (κ2) is 5.01. The van der Waals surface area contributed by atoms with Crippen LogP contribution >= 0.6 is 0 Å². The Labute approximate surface area is 120 Å². The van der Waals surface area contributed by atoms with E-state index in [2.05, 4.69) is 15.6 Å². The zero-order valence-corrected chi connectivity index (χ0v) is 11.4. The zero-order valence-electron chi connectivity index (χ0n) is 11.4. The van der Waals surface area contributed by atoms with Crippen LogP contribution in [0.25, 0.3) is 0 Å². The molecule has 1 aliphatic rings. The fourth-order valence-corrected chi connectivity index (χ4v) is 2.57. The predicted octanol–water partition coefficient (Wildman–Crippen LogP) is 1.41. The summed E-state index contributed by atoms with van der Waals surface area (Å²) in [7, 11) is 0. The first-order chi connectivity index (χ1) is 10.1. The molecule has 2 N–H and O–H groups in total. The maximum Gasteiger partial charge on any atom is 0.358 e. The van der Waals surface area contributed by atoms with E-state index in [9.17, 15) is 9.59 Å². The Balaban J connectivity index is 1.94. The molecule has 21 heavy (non-hydrogen) atoms. The molecule has 0 radical (unpaired) electrons. The summed E-state index contributed by atoms with van der Waals surface area (Å²) in [4.78, 5) is 23.4. The quantitative estimate of drug-likeness (QED) is 0.870. The van der Waals surface area contributed by atoms with Crippen molar-refractivity contribution in [1.82, 2.24) is 15.0 Å². The fourth-order valence-electron chi connectivity index (χ4n) is 2.57. The highest BCUT2D eigenvalue weighted by molar-refractivity contribution is 5.95. The molecule has 0 saturated heterocycles. The molecule has 7 nitrogen and oxygen atoms in total. The molecule has 1 amide bonds. The Morgan fingerprint density at radius 1 is 1.43 bits per heavy atom. The topological polar surface area (TPSA) is 97.1 Å². The number of aromatic nitrogens is 3. The molecule has 1 aromatic carbocycles. The molecule has 1 unspecified atom stereocenters. The van der Waals surface area contributed by atoms with Gasteiger partial charge in [0.1, 0.15) is 6.04 Å². The van der Waals surface area contributed by atoms with E-state index in [1.165, 1.54) is 4.68 Å². The van der Waals surface area contributed by atoms with Gasteiger partial charge in [0.15, 0.2) is 5.69 Å². The first-order valence-electron chi connectivity index (χ1n) is 6.62. The minimum Gasteiger partial charge on any atom is -0.476 e. The monoisotopic (exact) mass is 286 g/mol. The number of fused-ring (bicyclic) bond motifs is 1. The van der Waals surface area contributed by atoms with Gasteiger partial charge in [-0.25, -0.2) is 9.48 Å². The number of hydrogen-bond acceptors (Lipinski definition) is 4. The van der Waals surface area contributed by atoms with E-state index in [1.807, 2.05) is 24.3 Å². The van der Waals surface area contributed by atoms with Crippen molar-refractivity contribution in [3.05, 3.63) is 41.2 Å². The lowest BCUT2D eigenvalue weighted by molar-refractivity contribution is -0.119. The number of nitrogens with one attached hydrogen (secondary N) is 1. The number of amides is 1. The van der Waals surface area contributed by atoms with E-state index < -0.39 is 12.0 Å². The summed E-state index contributed by atoms with van der Waals surface area (Å²) in [6.45, 7) is 1.61. The van der Waals surface area contributed by atoms with Crippen LogP contribution in [0.2, 0.25) is 0 Å². The molecule has 3 rings (SSSR count). The van der Waals surface area contributed by atoms with Crippen molar-refractivity contribution in [2.75, 3.05) is 5.32 Å². The highest BCUT2D eigenvalue weighted by atomic mass is 16.4. The summed E-state index contributed by atoms with van der Waals surface area (Å²) in [5.74, 6) is -1.35. The van der Waals surface area contributed by atoms with Gasteiger partial charge in [0.2, 0.25) is 5.91 Å². The summed E-state index contributed by atoms with van der Waals surface area (Å²) < 4.78 is 1.39. The van der Waals surface area contributed by atoms with Crippen LogP contribution in [0.15, 0.2) is 24.3 Å². The van der Waals surface area contributed by atoms with E-state index in [4.69, 9.17) is 5.11 Å². The second-order valence-electron chi connectivity index (χ2n) is 4.97. The first kappa shape index (κ1) is 13.3. The number of carbonyl (C=O) groups excluding carboxylic acids is 1. The van der Waals surface area contributed by atoms with E-state index in [1.54, 1.807) is 6.92 Å². The normalized spacial score (nSPS) is 17.8. The number of aryl methyl sites for hydroxylation is 1. The van der Waals surface area contributed by atoms with Crippen molar-refractivity contribution in [2.45, 2.75) is 25.8 Å². The lowest BCUT2D eigenvalue weighted by Crippen LogP contribution is -2.26. The molecule has 1 atom stereocenters. The maximum atomic E-state index is 12.4. The summed E-state index contributed by atoms with van der Waals surface area (Å²) in [5, 5.41) is 19.4. The second-order valence-corrected chi connectivity index (χ2v) is 4.97. The fraction of sp³-hybridized carbons (Fsp3) is 0.286. The van der Waals surface area contributed by atoms with Gasteiger partial charge < -0.3 is 10.4 Å². The van der Waals surface area contributed by atoms with Crippen molar-refractivity contribution in [2.24, 2.45) is 0 Å². The lowest BCUT2D eigenvalue weighted by Gasteiger charge is -2.14. The van der Waals surface area contributed by atoms with Crippen LogP contribution in [-0.4, -0.2) is 32.0 Å². The van der Waals surface area contributed by atoms with Crippen LogP contribution in [0.3, 0.4) is 0 Å². The number of nitrogens with zero attached hydrogens (tertiary/aromatic N) is 3. The number of carboxylic acids is 1. The molecular weight excluding hydrogens is 272 g/mol. The van der Waals surface area contributed by atoms with Gasteiger partial charge >= 0.3 is 5.97 Å². The van der Waals surface area contributed by atoms with Gasteiger partial charge in [-0.3, -0.25) is 4.79 Å². The van der Waals surface area contributed by atoms with E-state index in [0.29, 0.717) is 18.5 Å². The Hall–Kier alpha value is -2.70. The average molecular weight is 286 g/mol. The Kier molecular flexibility index (Phi) is 3.17. The van der Waals surface area contributed by atoms with Crippen LogP contribution in [-0.2, 0) is 11.2 Å². The number of hydrogen-bond donors (Lipinski definition) is 2. The minimum atomic E-state index is -1.14. The SMILES string of the molecule is Cc1c(C(=O)O)nnn1C1CCc2ccccc2NC1=O. The van der Waals surface area contributed by atoms with Crippen LogP contribution < -0.4 is 5.32 Å². The third-order valence-corrected chi connectivity index (χ3v) is 3.69. The molecule has 0 saturated carbocycles. The van der Waals surface area contributed by atoms with E-state index >= 15 is 0 Å². The molecule has 0 spiro atoms. The van der Waals surface area contributed by atoms with E-state index in [0.717, 1.165) is 11.3 Å². The third kappa shape index (κ3) is 2.26. The zero-order chi connectivity index (χ0) is 15.0. The van der Waals surface area contributed by atoms with Gasteiger partial charge in [-0.05, 0) is 31.4 Å². The van der Waals surface area contributed by atoms with Crippen molar-refractivity contribution in [3.8, 4) is 0 Å². The molecule has 2 heterocycles. The Morgan fingerprint density at radius 2 is 2.19 bits per heavy atom. The average Bonchev–Trinajstić information content (AvgIpc) is 2.74. The number of anilines is 1. The molecule has 108 valence electrons. The molecule has 7 heteroatoms. The van der Waals surface area contributed by atoms with Crippen LogP contribution in [0.4, 0.5) is 5.69 Å². The number of aromatic carboxylic acids is 1. The first-order valence-corrected chi connectivity index (χ1v) is 6.62. The number of para-hydroxylation sites is 1. The van der Waals surface area contributed by atoms with Gasteiger partial charge in [-0.2, -0.15) is 0 Å². The number of rotatable bonds is 2. The molecule has 1 aliphatic heterocycles. The minimum absolute atomic E-state index is 0.121. The van der Waals surface area contributed by atoms with Gasteiger partial charge in [0.25, 0.3) is 0 Å². The lowest BCUT2D eigenvalue weighted by atomic mass is 10.1. The van der Waals surface area contributed by atoms with Gasteiger partial charge in [-0.1, -0.05) is 23.4 Å². The molecule has 0 aliphatic carbocycles.